The van der Waals surface area contributed by atoms with E-state index in [9.17, 15) is 18.0 Å². The topological polar surface area (TPSA) is 46.5 Å². The van der Waals surface area contributed by atoms with Crippen LogP contribution in [0.5, 0.6) is 5.75 Å². The Morgan fingerprint density at radius 2 is 2.12 bits per heavy atom. The lowest BCUT2D eigenvalue weighted by molar-refractivity contribution is -0.136. The van der Waals surface area contributed by atoms with Crippen molar-refractivity contribution in [1.29, 1.82) is 0 Å². The SMILES string of the molecule is Cc1cc(F)c(CC(=O)O)c(OC(F)F)c1. The normalized spacial score (nSPS) is 10.6. The van der Waals surface area contributed by atoms with Gasteiger partial charge in [0.2, 0.25) is 0 Å². The van der Waals surface area contributed by atoms with Crippen LogP contribution in [0.1, 0.15) is 11.1 Å². The molecule has 0 aliphatic carbocycles. The Morgan fingerprint density at radius 3 is 2.62 bits per heavy atom. The van der Waals surface area contributed by atoms with Gasteiger partial charge < -0.3 is 9.84 Å². The molecule has 1 aromatic carbocycles. The zero-order valence-corrected chi connectivity index (χ0v) is 8.34. The number of ether oxygens (including phenoxy) is 1. The third-order valence-electron chi connectivity index (χ3n) is 1.84. The quantitative estimate of drug-likeness (QED) is 0.869. The first-order chi connectivity index (χ1) is 7.40. The van der Waals surface area contributed by atoms with E-state index in [0.717, 1.165) is 6.07 Å². The average Bonchev–Trinajstić information content (AvgIpc) is 2.09. The zero-order valence-electron chi connectivity index (χ0n) is 8.34. The lowest BCUT2D eigenvalue weighted by Gasteiger charge is -2.11. The van der Waals surface area contributed by atoms with E-state index in [1.165, 1.54) is 13.0 Å². The van der Waals surface area contributed by atoms with Crippen LogP contribution < -0.4 is 4.74 Å². The molecule has 88 valence electrons. The Hall–Kier alpha value is -1.72. The molecule has 0 saturated carbocycles. The van der Waals surface area contributed by atoms with Crippen LogP contribution in [0.3, 0.4) is 0 Å². The monoisotopic (exact) mass is 234 g/mol. The Balaban J connectivity index is 3.15. The molecule has 3 nitrogen and oxygen atoms in total. The minimum atomic E-state index is -3.12. The van der Waals surface area contributed by atoms with E-state index in [1.54, 1.807) is 0 Å². The van der Waals surface area contributed by atoms with Gasteiger partial charge in [0, 0.05) is 5.56 Å². The van der Waals surface area contributed by atoms with Crippen molar-refractivity contribution in [2.75, 3.05) is 0 Å². The van der Waals surface area contributed by atoms with Crippen LogP contribution in [0.2, 0.25) is 0 Å². The second kappa shape index (κ2) is 4.87. The van der Waals surface area contributed by atoms with Crippen molar-refractivity contribution >= 4 is 5.97 Å². The highest BCUT2D eigenvalue weighted by Gasteiger charge is 2.17. The van der Waals surface area contributed by atoms with E-state index in [1.807, 2.05) is 0 Å². The Bertz CT molecular complexity index is 405. The minimum absolute atomic E-state index is 0.376. The molecule has 16 heavy (non-hydrogen) atoms. The summed E-state index contributed by atoms with van der Waals surface area (Å²) in [6.45, 7) is -1.62. The molecule has 0 saturated heterocycles. The largest absolute Gasteiger partial charge is 0.481 e. The molecule has 0 amide bonds. The van der Waals surface area contributed by atoms with E-state index in [0.29, 0.717) is 5.56 Å². The van der Waals surface area contributed by atoms with E-state index in [2.05, 4.69) is 4.74 Å². The van der Waals surface area contributed by atoms with Gasteiger partial charge in [-0.05, 0) is 24.6 Å². The van der Waals surface area contributed by atoms with Gasteiger partial charge in [-0.3, -0.25) is 4.79 Å². The van der Waals surface area contributed by atoms with E-state index >= 15 is 0 Å². The van der Waals surface area contributed by atoms with Crippen molar-refractivity contribution in [3.63, 3.8) is 0 Å². The van der Waals surface area contributed by atoms with Crippen LogP contribution in [-0.2, 0) is 11.2 Å². The zero-order chi connectivity index (χ0) is 12.3. The van der Waals surface area contributed by atoms with Crippen LogP contribution in [0.15, 0.2) is 12.1 Å². The number of halogens is 3. The molecule has 1 aromatic rings. The molecule has 0 atom stereocenters. The number of aliphatic carboxylic acids is 1. The number of rotatable bonds is 4. The summed E-state index contributed by atoms with van der Waals surface area (Å²) >= 11 is 0. The summed E-state index contributed by atoms with van der Waals surface area (Å²) < 4.78 is 41.4. The van der Waals surface area contributed by atoms with Gasteiger partial charge in [0.1, 0.15) is 11.6 Å². The van der Waals surface area contributed by atoms with Crippen molar-refractivity contribution in [1.82, 2.24) is 0 Å². The molecule has 0 aliphatic rings. The molecular formula is C10H9F3O3. The summed E-state index contributed by atoms with van der Waals surface area (Å²) in [4.78, 5) is 10.4. The number of benzene rings is 1. The first kappa shape index (κ1) is 12.4. The van der Waals surface area contributed by atoms with Crippen LogP contribution in [-0.4, -0.2) is 17.7 Å². The molecule has 0 unspecified atom stereocenters. The van der Waals surface area contributed by atoms with E-state index in [-0.39, 0.29) is 5.56 Å². The molecule has 0 aliphatic heterocycles. The second-order valence-electron chi connectivity index (χ2n) is 3.17. The van der Waals surface area contributed by atoms with Gasteiger partial charge in [0.25, 0.3) is 0 Å². The van der Waals surface area contributed by atoms with Gasteiger partial charge in [-0.15, -0.1) is 0 Å². The van der Waals surface area contributed by atoms with Gasteiger partial charge in [0.15, 0.2) is 0 Å². The molecule has 0 spiro atoms. The van der Waals surface area contributed by atoms with Crippen molar-refractivity contribution in [2.45, 2.75) is 20.0 Å². The van der Waals surface area contributed by atoms with Crippen molar-refractivity contribution in [3.05, 3.63) is 29.1 Å². The third kappa shape index (κ3) is 3.15. The summed E-state index contributed by atoms with van der Waals surface area (Å²) in [5.74, 6) is -2.62. The first-order valence-electron chi connectivity index (χ1n) is 4.35. The van der Waals surface area contributed by atoms with Crippen molar-refractivity contribution in [2.24, 2.45) is 0 Å². The van der Waals surface area contributed by atoms with Crippen molar-refractivity contribution < 1.29 is 27.8 Å². The molecular weight excluding hydrogens is 225 g/mol. The van der Waals surface area contributed by atoms with Crippen LogP contribution >= 0.6 is 0 Å². The predicted octanol–water partition coefficient (Wildman–Crippen LogP) is 2.36. The summed E-state index contributed by atoms with van der Waals surface area (Å²) in [6.07, 6.45) is -0.700. The maximum absolute atomic E-state index is 13.3. The first-order valence-corrected chi connectivity index (χ1v) is 4.35. The molecule has 0 heterocycles. The second-order valence-corrected chi connectivity index (χ2v) is 3.17. The molecule has 0 aromatic heterocycles. The number of alkyl halides is 2. The van der Waals surface area contributed by atoms with E-state index in [4.69, 9.17) is 5.11 Å². The highest BCUT2D eigenvalue weighted by atomic mass is 19.3. The van der Waals surface area contributed by atoms with Gasteiger partial charge in [0.05, 0.1) is 6.42 Å². The predicted molar refractivity (Wildman–Crippen MR) is 49.1 cm³/mol. The highest BCUT2D eigenvalue weighted by molar-refractivity contribution is 5.71. The average molecular weight is 234 g/mol. The summed E-state index contributed by atoms with van der Waals surface area (Å²) in [5, 5.41) is 8.51. The maximum atomic E-state index is 13.3. The standard InChI is InChI=1S/C10H9F3O3/c1-5-2-7(11)6(4-9(14)15)8(3-5)16-10(12)13/h2-3,10H,4H2,1H3,(H,14,15). The van der Waals surface area contributed by atoms with E-state index < -0.39 is 30.6 Å². The van der Waals surface area contributed by atoms with Crippen LogP contribution in [0.25, 0.3) is 0 Å². The molecule has 1 N–H and O–H groups in total. The Labute approximate surface area is 89.5 Å². The fourth-order valence-corrected chi connectivity index (χ4v) is 1.26. The minimum Gasteiger partial charge on any atom is -0.481 e. The number of carbonyl (C=O) groups is 1. The Kier molecular flexibility index (Phi) is 3.76. The number of aryl methyl sites for hydroxylation is 1. The lowest BCUT2D eigenvalue weighted by atomic mass is 10.1. The number of hydrogen-bond donors (Lipinski definition) is 1. The summed E-state index contributed by atoms with van der Waals surface area (Å²) in [7, 11) is 0. The smallest absolute Gasteiger partial charge is 0.387 e. The molecule has 0 radical (unpaired) electrons. The fraction of sp³-hybridized carbons (Fsp3) is 0.300. The third-order valence-corrected chi connectivity index (χ3v) is 1.84. The van der Waals surface area contributed by atoms with Gasteiger partial charge in [-0.25, -0.2) is 4.39 Å². The molecule has 6 heteroatoms. The maximum Gasteiger partial charge on any atom is 0.387 e. The summed E-state index contributed by atoms with van der Waals surface area (Å²) in [5.41, 5.74) is 0.000638. The highest BCUT2D eigenvalue weighted by Crippen LogP contribution is 2.26. The Morgan fingerprint density at radius 1 is 1.50 bits per heavy atom. The van der Waals surface area contributed by atoms with Crippen LogP contribution in [0.4, 0.5) is 13.2 Å². The lowest BCUT2D eigenvalue weighted by Crippen LogP contribution is -2.09. The van der Waals surface area contributed by atoms with Crippen LogP contribution in [0, 0.1) is 12.7 Å². The van der Waals surface area contributed by atoms with Crippen molar-refractivity contribution in [3.8, 4) is 5.75 Å². The van der Waals surface area contributed by atoms with Gasteiger partial charge in [-0.2, -0.15) is 8.78 Å². The number of carboxylic acid groups (broad SMARTS) is 1. The van der Waals surface area contributed by atoms with Gasteiger partial charge >= 0.3 is 12.6 Å². The van der Waals surface area contributed by atoms with Gasteiger partial charge in [-0.1, -0.05) is 0 Å². The molecule has 1 rings (SSSR count). The molecule has 0 bridgehead atoms. The number of hydrogen-bond acceptors (Lipinski definition) is 2. The fourth-order valence-electron chi connectivity index (χ4n) is 1.26. The number of carboxylic acids is 1. The molecule has 0 fully saturated rings. The summed E-state index contributed by atoms with van der Waals surface area (Å²) in [6, 6.07) is 2.24.